The number of rotatable bonds is 6. The van der Waals surface area contributed by atoms with Gasteiger partial charge in [-0.25, -0.2) is 0 Å². The Morgan fingerprint density at radius 1 is 1.44 bits per heavy atom. The third kappa shape index (κ3) is 4.40. The van der Waals surface area contributed by atoms with Crippen LogP contribution in [0.5, 0.6) is 0 Å². The number of likely N-dealkylation sites (N-methyl/N-ethyl adjacent to an activating group) is 1. The molecule has 0 saturated carbocycles. The molecule has 1 amide bonds. The van der Waals surface area contributed by atoms with Crippen molar-refractivity contribution in [3.05, 3.63) is 36.2 Å². The molecule has 8 nitrogen and oxygen atoms in total. The van der Waals surface area contributed by atoms with Crippen molar-refractivity contribution < 1.29 is 4.79 Å². The van der Waals surface area contributed by atoms with Gasteiger partial charge >= 0.3 is 0 Å². The van der Waals surface area contributed by atoms with Gasteiger partial charge in [-0.3, -0.25) is 19.6 Å². The molecule has 1 aliphatic rings. The summed E-state index contributed by atoms with van der Waals surface area (Å²) in [4.78, 5) is 20.7. The molecule has 8 heteroatoms. The van der Waals surface area contributed by atoms with E-state index in [0.29, 0.717) is 12.6 Å². The summed E-state index contributed by atoms with van der Waals surface area (Å²) in [7, 11) is 4.09. The summed E-state index contributed by atoms with van der Waals surface area (Å²) in [6.07, 6.45) is 4.39. The zero-order chi connectivity index (χ0) is 17.8. The fourth-order valence-corrected chi connectivity index (χ4v) is 3.10. The van der Waals surface area contributed by atoms with Gasteiger partial charge in [0, 0.05) is 32.4 Å². The molecule has 1 N–H and O–H groups in total. The quantitative estimate of drug-likeness (QED) is 0.830. The highest BCUT2D eigenvalue weighted by atomic mass is 16.2. The third-order valence-electron chi connectivity index (χ3n) is 4.76. The molecular weight excluding hydrogens is 318 g/mol. The molecule has 3 rings (SSSR count). The van der Waals surface area contributed by atoms with Crippen LogP contribution in [0.3, 0.4) is 0 Å². The van der Waals surface area contributed by atoms with E-state index < -0.39 is 0 Å². The first kappa shape index (κ1) is 17.5. The van der Waals surface area contributed by atoms with Crippen LogP contribution in [-0.4, -0.2) is 68.2 Å². The minimum atomic E-state index is 0.000212. The van der Waals surface area contributed by atoms with E-state index in [4.69, 9.17) is 0 Å². The lowest BCUT2D eigenvalue weighted by Crippen LogP contribution is -2.37. The van der Waals surface area contributed by atoms with Crippen molar-refractivity contribution in [1.82, 2.24) is 29.5 Å². The lowest BCUT2D eigenvalue weighted by Gasteiger charge is -2.24. The van der Waals surface area contributed by atoms with Gasteiger partial charge < -0.3 is 9.88 Å². The number of hydrogen-bond donors (Lipinski definition) is 1. The lowest BCUT2D eigenvalue weighted by atomic mass is 10.2. The number of hydrogen-bond acceptors (Lipinski definition) is 6. The molecule has 3 heterocycles. The van der Waals surface area contributed by atoms with Crippen LogP contribution in [-0.2, 0) is 18.4 Å². The maximum absolute atomic E-state index is 12.2. The van der Waals surface area contributed by atoms with Crippen molar-refractivity contribution in [2.24, 2.45) is 7.05 Å². The van der Waals surface area contributed by atoms with Crippen molar-refractivity contribution in [3.63, 3.8) is 0 Å². The summed E-state index contributed by atoms with van der Waals surface area (Å²) in [5.74, 6) is 1.89. The van der Waals surface area contributed by atoms with E-state index in [1.54, 1.807) is 12.4 Å². The van der Waals surface area contributed by atoms with E-state index in [1.165, 1.54) is 0 Å². The number of amides is 1. The van der Waals surface area contributed by atoms with Crippen molar-refractivity contribution in [1.29, 1.82) is 0 Å². The second-order valence-corrected chi connectivity index (χ2v) is 6.61. The Balaban J connectivity index is 1.48. The van der Waals surface area contributed by atoms with E-state index in [2.05, 4.69) is 37.3 Å². The minimum absolute atomic E-state index is 0.000212. The molecule has 0 aliphatic carbocycles. The average molecular weight is 343 g/mol. The smallest absolute Gasteiger partial charge is 0.238 e. The number of anilines is 1. The second-order valence-electron chi connectivity index (χ2n) is 6.61. The molecule has 1 fully saturated rings. The van der Waals surface area contributed by atoms with E-state index in [1.807, 2.05) is 30.7 Å². The largest absolute Gasteiger partial charge is 0.324 e. The number of likely N-dealkylation sites (tertiary alicyclic amines) is 1. The minimum Gasteiger partial charge on any atom is -0.324 e. The first-order valence-corrected chi connectivity index (χ1v) is 8.50. The number of aryl methyl sites for hydroxylation is 1. The number of nitrogens with one attached hydrogen (secondary N) is 1. The molecule has 2 aromatic heterocycles. The molecule has 0 aromatic carbocycles. The average Bonchev–Trinajstić information content (AvgIpc) is 3.18. The van der Waals surface area contributed by atoms with Gasteiger partial charge in [-0.1, -0.05) is 0 Å². The third-order valence-corrected chi connectivity index (χ3v) is 4.76. The molecule has 1 saturated heterocycles. The normalized spacial score (nSPS) is 18.0. The lowest BCUT2D eigenvalue weighted by molar-refractivity contribution is -0.117. The van der Waals surface area contributed by atoms with Crippen molar-refractivity contribution >= 4 is 11.6 Å². The van der Waals surface area contributed by atoms with Crippen molar-refractivity contribution in [2.45, 2.75) is 25.9 Å². The molecule has 1 atom stereocenters. The summed E-state index contributed by atoms with van der Waals surface area (Å²) in [6.45, 7) is 4.93. The number of pyridine rings is 1. The van der Waals surface area contributed by atoms with Gasteiger partial charge in [-0.15, -0.1) is 10.2 Å². The maximum Gasteiger partial charge on any atom is 0.238 e. The summed E-state index contributed by atoms with van der Waals surface area (Å²) < 4.78 is 2.02. The van der Waals surface area contributed by atoms with Gasteiger partial charge in [0.2, 0.25) is 5.91 Å². The highest BCUT2D eigenvalue weighted by molar-refractivity contribution is 5.92. The number of carbonyl (C=O) groups excluding carboxylic acids is 1. The predicted octanol–water partition coefficient (Wildman–Crippen LogP) is 0.663. The van der Waals surface area contributed by atoms with Gasteiger partial charge in [0.05, 0.1) is 25.0 Å². The van der Waals surface area contributed by atoms with Gasteiger partial charge in [-0.05, 0) is 32.5 Å². The Labute approximate surface area is 147 Å². The Hall–Kier alpha value is -2.32. The van der Waals surface area contributed by atoms with Crippen LogP contribution in [0, 0.1) is 6.92 Å². The molecule has 0 radical (unpaired) electrons. The number of nitrogens with zero attached hydrogens (tertiary/aromatic N) is 6. The monoisotopic (exact) mass is 343 g/mol. The Morgan fingerprint density at radius 2 is 2.28 bits per heavy atom. The maximum atomic E-state index is 12.2. The van der Waals surface area contributed by atoms with Gasteiger partial charge in [0.15, 0.2) is 0 Å². The standard InChI is InChI=1S/C17H25N7O/c1-13-20-21-16(23(13)3)11-22(2)15-6-8-24(10-15)12-17(25)19-14-5-4-7-18-9-14/h4-5,7,9,15H,6,8,10-12H2,1-3H3,(H,19,25)/t15-/m0/s1. The van der Waals surface area contributed by atoms with Crippen LogP contribution >= 0.6 is 0 Å². The zero-order valence-electron chi connectivity index (χ0n) is 15.0. The fourth-order valence-electron chi connectivity index (χ4n) is 3.10. The van der Waals surface area contributed by atoms with Crippen molar-refractivity contribution in [3.8, 4) is 0 Å². The highest BCUT2D eigenvalue weighted by Gasteiger charge is 2.27. The topological polar surface area (TPSA) is 79.2 Å². The van der Waals surface area contributed by atoms with Gasteiger partial charge in [0.25, 0.3) is 0 Å². The zero-order valence-corrected chi connectivity index (χ0v) is 15.0. The Kier molecular flexibility index (Phi) is 5.40. The molecule has 25 heavy (non-hydrogen) atoms. The molecule has 0 spiro atoms. The first-order chi connectivity index (χ1) is 12.0. The van der Waals surface area contributed by atoms with E-state index in [0.717, 1.165) is 43.4 Å². The fraction of sp³-hybridized carbons (Fsp3) is 0.529. The molecule has 134 valence electrons. The SMILES string of the molecule is Cc1nnc(CN(C)[C@H]2CCN(CC(=O)Nc3cccnc3)C2)n1C. The summed E-state index contributed by atoms with van der Waals surface area (Å²) >= 11 is 0. The van der Waals surface area contributed by atoms with Crippen LogP contribution in [0.4, 0.5) is 5.69 Å². The molecule has 1 aliphatic heterocycles. The second kappa shape index (κ2) is 7.71. The van der Waals surface area contributed by atoms with Gasteiger partial charge in [0.1, 0.15) is 11.6 Å². The summed E-state index contributed by atoms with van der Waals surface area (Å²) in [5, 5.41) is 11.2. The predicted molar refractivity (Wildman–Crippen MR) is 94.9 cm³/mol. The number of aromatic nitrogens is 4. The Morgan fingerprint density at radius 3 is 2.96 bits per heavy atom. The van der Waals surface area contributed by atoms with Crippen LogP contribution in [0.15, 0.2) is 24.5 Å². The van der Waals surface area contributed by atoms with E-state index in [9.17, 15) is 4.79 Å². The van der Waals surface area contributed by atoms with Crippen LogP contribution < -0.4 is 5.32 Å². The first-order valence-electron chi connectivity index (χ1n) is 8.50. The molecular formula is C17H25N7O. The molecule has 0 unspecified atom stereocenters. The van der Waals surface area contributed by atoms with Crippen LogP contribution in [0.25, 0.3) is 0 Å². The van der Waals surface area contributed by atoms with E-state index >= 15 is 0 Å². The van der Waals surface area contributed by atoms with Gasteiger partial charge in [-0.2, -0.15) is 0 Å². The Bertz CT molecular complexity index is 715. The molecule has 0 bridgehead atoms. The summed E-state index contributed by atoms with van der Waals surface area (Å²) in [6, 6.07) is 4.07. The number of carbonyl (C=O) groups is 1. The van der Waals surface area contributed by atoms with Crippen LogP contribution in [0.2, 0.25) is 0 Å². The summed E-state index contributed by atoms with van der Waals surface area (Å²) in [5.41, 5.74) is 0.734. The highest BCUT2D eigenvalue weighted by Crippen LogP contribution is 2.16. The molecule has 2 aromatic rings. The van der Waals surface area contributed by atoms with E-state index in [-0.39, 0.29) is 5.91 Å². The van der Waals surface area contributed by atoms with Crippen molar-refractivity contribution in [2.75, 3.05) is 32.0 Å². The van der Waals surface area contributed by atoms with Crippen LogP contribution in [0.1, 0.15) is 18.1 Å².